The fourth-order valence-electron chi connectivity index (χ4n) is 3.86. The summed E-state index contributed by atoms with van der Waals surface area (Å²) in [6.45, 7) is 1.79. The summed E-state index contributed by atoms with van der Waals surface area (Å²) in [6, 6.07) is 13.0. The van der Waals surface area contributed by atoms with E-state index < -0.39 is 29.8 Å². The number of carbonyl (C=O) groups excluding carboxylic acids is 3. The lowest BCUT2D eigenvalue weighted by atomic mass is 9.96. The fraction of sp³-hybridized carbons (Fsp3) is 0.333. The summed E-state index contributed by atoms with van der Waals surface area (Å²) in [5.74, 6) is -1.47. The molecule has 5 N–H and O–H groups in total. The average molecular weight is 434 g/mol. The van der Waals surface area contributed by atoms with Crippen molar-refractivity contribution in [2.24, 2.45) is 11.7 Å². The van der Waals surface area contributed by atoms with Crippen molar-refractivity contribution in [3.63, 3.8) is 0 Å². The van der Waals surface area contributed by atoms with Crippen LogP contribution in [-0.2, 0) is 9.59 Å². The molecule has 0 bridgehead atoms. The summed E-state index contributed by atoms with van der Waals surface area (Å²) in [6.07, 6.45) is 4.19. The minimum atomic E-state index is -0.941. The highest BCUT2D eigenvalue weighted by Crippen LogP contribution is 2.33. The smallest absolute Gasteiger partial charge is 0.268 e. The molecule has 0 radical (unpaired) electrons. The zero-order valence-electron chi connectivity index (χ0n) is 17.9. The second-order valence-corrected chi connectivity index (χ2v) is 8.41. The van der Waals surface area contributed by atoms with E-state index in [0.29, 0.717) is 23.7 Å². The quantitative estimate of drug-likeness (QED) is 0.412. The van der Waals surface area contributed by atoms with Gasteiger partial charge in [0.25, 0.3) is 5.91 Å². The van der Waals surface area contributed by atoms with Crippen LogP contribution in [0, 0.1) is 5.92 Å². The topological polar surface area (TPSA) is 130 Å². The lowest BCUT2D eigenvalue weighted by molar-refractivity contribution is -0.129. The van der Waals surface area contributed by atoms with Crippen LogP contribution in [0.5, 0.6) is 0 Å². The SMILES string of the molecule is CC(c1ccccn1)C(NC(=O)C(CC1CC1)NC(=O)c1cc2ccccc2[nH]1)C(N)=O. The molecule has 2 aromatic heterocycles. The Morgan fingerprint density at radius 1 is 1.12 bits per heavy atom. The van der Waals surface area contributed by atoms with Crippen LogP contribution in [0.25, 0.3) is 10.9 Å². The van der Waals surface area contributed by atoms with E-state index in [1.165, 1.54) is 0 Å². The number of fused-ring (bicyclic) bond motifs is 1. The normalized spacial score (nSPS) is 16.2. The second kappa shape index (κ2) is 9.21. The summed E-state index contributed by atoms with van der Waals surface area (Å²) >= 11 is 0. The minimum absolute atomic E-state index is 0.365. The van der Waals surface area contributed by atoms with Gasteiger partial charge >= 0.3 is 0 Å². The Balaban J connectivity index is 1.49. The number of aromatic amines is 1. The van der Waals surface area contributed by atoms with Crippen molar-refractivity contribution < 1.29 is 14.4 Å². The maximum atomic E-state index is 13.1. The molecule has 3 atom stereocenters. The van der Waals surface area contributed by atoms with E-state index in [1.807, 2.05) is 30.3 Å². The Morgan fingerprint density at radius 2 is 1.88 bits per heavy atom. The number of carbonyl (C=O) groups is 3. The Hall–Kier alpha value is -3.68. The van der Waals surface area contributed by atoms with Crippen molar-refractivity contribution in [1.29, 1.82) is 0 Å². The second-order valence-electron chi connectivity index (χ2n) is 8.41. The number of H-pyrrole nitrogens is 1. The molecular weight excluding hydrogens is 406 g/mol. The third-order valence-electron chi connectivity index (χ3n) is 5.92. The van der Waals surface area contributed by atoms with Crippen LogP contribution in [0.3, 0.4) is 0 Å². The predicted molar refractivity (Wildman–Crippen MR) is 121 cm³/mol. The molecule has 3 unspecified atom stereocenters. The first-order valence-electron chi connectivity index (χ1n) is 10.8. The van der Waals surface area contributed by atoms with Crippen LogP contribution in [0.15, 0.2) is 54.7 Å². The monoisotopic (exact) mass is 433 g/mol. The van der Waals surface area contributed by atoms with Crippen LogP contribution in [-0.4, -0.2) is 39.8 Å². The van der Waals surface area contributed by atoms with Gasteiger partial charge in [0.05, 0.1) is 0 Å². The van der Waals surface area contributed by atoms with E-state index >= 15 is 0 Å². The zero-order valence-corrected chi connectivity index (χ0v) is 17.9. The predicted octanol–water partition coefficient (Wildman–Crippen LogP) is 2.24. The number of hydrogen-bond acceptors (Lipinski definition) is 4. The van der Waals surface area contributed by atoms with Gasteiger partial charge in [0.2, 0.25) is 11.8 Å². The van der Waals surface area contributed by atoms with E-state index in [0.717, 1.165) is 23.7 Å². The lowest BCUT2D eigenvalue weighted by Gasteiger charge is -2.25. The number of nitrogens with one attached hydrogen (secondary N) is 3. The molecule has 32 heavy (non-hydrogen) atoms. The Kier molecular flexibility index (Phi) is 6.20. The number of aromatic nitrogens is 2. The Bertz CT molecular complexity index is 1090. The number of pyridine rings is 1. The first-order valence-corrected chi connectivity index (χ1v) is 10.8. The molecule has 3 amide bonds. The van der Waals surface area contributed by atoms with Crippen molar-refractivity contribution in [2.45, 2.75) is 44.2 Å². The highest BCUT2D eigenvalue weighted by molar-refractivity contribution is 6.00. The molecule has 2 heterocycles. The minimum Gasteiger partial charge on any atom is -0.368 e. The summed E-state index contributed by atoms with van der Waals surface area (Å²) < 4.78 is 0. The zero-order chi connectivity index (χ0) is 22.7. The van der Waals surface area contributed by atoms with Crippen LogP contribution >= 0.6 is 0 Å². The third-order valence-corrected chi connectivity index (χ3v) is 5.92. The number of nitrogens with two attached hydrogens (primary N) is 1. The van der Waals surface area contributed by atoms with Crippen molar-refractivity contribution in [3.05, 3.63) is 66.1 Å². The molecule has 0 aliphatic heterocycles. The molecule has 1 aliphatic rings. The number of rotatable bonds is 9. The number of amides is 3. The van der Waals surface area contributed by atoms with Gasteiger partial charge < -0.3 is 21.4 Å². The number of hydrogen-bond donors (Lipinski definition) is 4. The standard InChI is InChI=1S/C24H27N5O3/c1-14(17-7-4-5-11-26-17)21(22(25)30)29-24(32)19(12-15-9-10-15)28-23(31)20-13-16-6-2-3-8-18(16)27-20/h2-8,11,13-15,19,21,27H,9-10,12H2,1H3,(H2,25,30)(H,28,31)(H,29,32). The van der Waals surface area contributed by atoms with E-state index in [2.05, 4.69) is 20.6 Å². The fourth-order valence-corrected chi connectivity index (χ4v) is 3.86. The highest BCUT2D eigenvalue weighted by atomic mass is 16.2. The van der Waals surface area contributed by atoms with Gasteiger partial charge in [-0.05, 0) is 36.6 Å². The largest absolute Gasteiger partial charge is 0.368 e. The van der Waals surface area contributed by atoms with Gasteiger partial charge in [-0.15, -0.1) is 0 Å². The molecule has 1 aromatic carbocycles. The number of benzene rings is 1. The van der Waals surface area contributed by atoms with Gasteiger partial charge in [-0.1, -0.05) is 44.0 Å². The van der Waals surface area contributed by atoms with Gasteiger partial charge in [0.1, 0.15) is 17.8 Å². The molecule has 3 aromatic rings. The molecule has 1 aliphatic carbocycles. The van der Waals surface area contributed by atoms with Crippen molar-refractivity contribution in [3.8, 4) is 0 Å². The molecular formula is C24H27N5O3. The summed E-state index contributed by atoms with van der Waals surface area (Å²) in [5, 5.41) is 6.51. The van der Waals surface area contributed by atoms with Crippen LogP contribution in [0.1, 0.15) is 48.3 Å². The maximum absolute atomic E-state index is 13.1. The number of nitrogens with zero attached hydrogens (tertiary/aromatic N) is 1. The van der Waals surface area contributed by atoms with E-state index in [9.17, 15) is 14.4 Å². The summed E-state index contributed by atoms with van der Waals surface area (Å²) in [4.78, 5) is 45.5. The van der Waals surface area contributed by atoms with Gasteiger partial charge in [-0.3, -0.25) is 19.4 Å². The molecule has 8 heteroatoms. The van der Waals surface area contributed by atoms with E-state index in [1.54, 1.807) is 31.3 Å². The average Bonchev–Trinajstić information content (AvgIpc) is 3.51. The van der Waals surface area contributed by atoms with Crippen molar-refractivity contribution in [2.75, 3.05) is 0 Å². The van der Waals surface area contributed by atoms with Crippen LogP contribution in [0.2, 0.25) is 0 Å². The lowest BCUT2D eigenvalue weighted by Crippen LogP contribution is -2.54. The highest BCUT2D eigenvalue weighted by Gasteiger charge is 2.34. The Labute approximate surface area is 186 Å². The van der Waals surface area contributed by atoms with Gasteiger partial charge in [0.15, 0.2) is 0 Å². The van der Waals surface area contributed by atoms with E-state index in [-0.39, 0.29) is 5.91 Å². The summed E-state index contributed by atoms with van der Waals surface area (Å²) in [5.41, 5.74) is 7.48. The maximum Gasteiger partial charge on any atom is 0.268 e. The molecule has 8 nitrogen and oxygen atoms in total. The molecule has 0 spiro atoms. The van der Waals surface area contributed by atoms with Gasteiger partial charge in [-0.2, -0.15) is 0 Å². The van der Waals surface area contributed by atoms with Crippen molar-refractivity contribution in [1.82, 2.24) is 20.6 Å². The molecule has 4 rings (SSSR count). The van der Waals surface area contributed by atoms with Crippen molar-refractivity contribution >= 4 is 28.6 Å². The molecule has 1 fully saturated rings. The Morgan fingerprint density at radius 3 is 2.53 bits per heavy atom. The van der Waals surface area contributed by atoms with E-state index in [4.69, 9.17) is 5.73 Å². The van der Waals surface area contributed by atoms with Gasteiger partial charge in [-0.25, -0.2) is 0 Å². The van der Waals surface area contributed by atoms with Gasteiger partial charge in [0, 0.05) is 28.7 Å². The van der Waals surface area contributed by atoms with Crippen LogP contribution in [0.4, 0.5) is 0 Å². The summed E-state index contributed by atoms with van der Waals surface area (Å²) in [7, 11) is 0. The molecule has 0 saturated heterocycles. The number of primary amides is 1. The number of para-hydroxylation sites is 1. The first-order chi connectivity index (χ1) is 15.4. The third kappa shape index (κ3) is 4.96. The van der Waals surface area contributed by atoms with Crippen LogP contribution < -0.4 is 16.4 Å². The molecule has 166 valence electrons. The molecule has 1 saturated carbocycles. The first kappa shape index (κ1) is 21.5.